The minimum atomic E-state index is -0.417. The minimum absolute atomic E-state index is 0.417. The summed E-state index contributed by atoms with van der Waals surface area (Å²) < 4.78 is 10.5. The smallest absolute Gasteiger partial charge is 0.337 e. The molecular formula is C15H14N2O3. The summed E-state index contributed by atoms with van der Waals surface area (Å²) in [6, 6.07) is 7.20. The van der Waals surface area contributed by atoms with E-state index < -0.39 is 5.97 Å². The number of hydrogen-bond acceptors (Lipinski definition) is 5. The average Bonchev–Trinajstić information content (AvgIpc) is 3.12. The third kappa shape index (κ3) is 1.90. The van der Waals surface area contributed by atoms with E-state index in [1.807, 2.05) is 0 Å². The highest BCUT2D eigenvalue weighted by molar-refractivity contribution is 5.97. The van der Waals surface area contributed by atoms with E-state index in [4.69, 9.17) is 9.15 Å². The highest BCUT2D eigenvalue weighted by Crippen LogP contribution is 2.34. The molecule has 1 fully saturated rings. The summed E-state index contributed by atoms with van der Waals surface area (Å²) in [4.78, 5) is 13.7. The Labute approximate surface area is 116 Å². The Kier molecular flexibility index (Phi) is 3.07. The maximum absolute atomic E-state index is 11.6. The molecule has 1 aromatic heterocycles. The van der Waals surface area contributed by atoms with Gasteiger partial charge < -0.3 is 14.1 Å². The predicted molar refractivity (Wildman–Crippen MR) is 73.7 cm³/mol. The Morgan fingerprint density at radius 2 is 2.15 bits per heavy atom. The molecule has 0 spiro atoms. The number of nitrogens with zero attached hydrogens (tertiary/aromatic N) is 2. The van der Waals surface area contributed by atoms with Gasteiger partial charge in [0.25, 0.3) is 0 Å². The van der Waals surface area contributed by atoms with Crippen LogP contribution in [0.3, 0.4) is 0 Å². The lowest BCUT2D eigenvalue weighted by Crippen LogP contribution is -2.17. The Hall–Kier alpha value is -2.48. The molecule has 0 radical (unpaired) electrons. The molecule has 1 saturated heterocycles. The van der Waals surface area contributed by atoms with Gasteiger partial charge in [-0.2, -0.15) is 5.26 Å². The number of methoxy groups -OCH3 is 1. The van der Waals surface area contributed by atoms with Gasteiger partial charge in [0.1, 0.15) is 17.2 Å². The molecule has 2 heterocycles. The first kappa shape index (κ1) is 12.5. The van der Waals surface area contributed by atoms with Crippen molar-refractivity contribution in [3.63, 3.8) is 0 Å². The van der Waals surface area contributed by atoms with Crippen LogP contribution in [0, 0.1) is 11.3 Å². The van der Waals surface area contributed by atoms with Crippen molar-refractivity contribution in [3.8, 4) is 6.07 Å². The predicted octanol–water partition coefficient (Wildman–Crippen LogP) is 2.69. The largest absolute Gasteiger partial charge is 0.465 e. The van der Waals surface area contributed by atoms with Crippen LogP contribution >= 0.6 is 0 Å². The number of carbonyl (C=O) groups excluding carboxylic acids is 1. The van der Waals surface area contributed by atoms with Crippen molar-refractivity contribution in [2.75, 3.05) is 25.1 Å². The molecule has 1 aromatic carbocycles. The van der Waals surface area contributed by atoms with Gasteiger partial charge in [0.2, 0.25) is 5.88 Å². The van der Waals surface area contributed by atoms with E-state index in [1.54, 1.807) is 18.2 Å². The van der Waals surface area contributed by atoms with E-state index in [0.717, 1.165) is 25.9 Å². The fraction of sp³-hybridized carbons (Fsp3) is 0.333. The van der Waals surface area contributed by atoms with Crippen LogP contribution in [0.1, 0.15) is 28.8 Å². The lowest BCUT2D eigenvalue weighted by Gasteiger charge is -2.13. The third-order valence-electron chi connectivity index (χ3n) is 3.60. The summed E-state index contributed by atoms with van der Waals surface area (Å²) in [6.07, 6.45) is 2.21. The number of furan rings is 1. The van der Waals surface area contributed by atoms with Crippen molar-refractivity contribution < 1.29 is 13.9 Å². The molecule has 20 heavy (non-hydrogen) atoms. The molecule has 1 aliphatic heterocycles. The first-order valence-corrected chi connectivity index (χ1v) is 6.54. The SMILES string of the molecule is COC(=O)c1ccc2oc(N3CCCC3)c(C#N)c2c1. The number of rotatable bonds is 2. The lowest BCUT2D eigenvalue weighted by molar-refractivity contribution is 0.0601. The van der Waals surface area contributed by atoms with E-state index in [9.17, 15) is 10.1 Å². The van der Waals surface area contributed by atoms with Crippen LogP contribution in [0.25, 0.3) is 11.0 Å². The summed E-state index contributed by atoms with van der Waals surface area (Å²) in [5.41, 5.74) is 1.54. The van der Waals surface area contributed by atoms with Crippen LogP contribution in [0.15, 0.2) is 22.6 Å². The molecule has 5 nitrogen and oxygen atoms in total. The minimum Gasteiger partial charge on any atom is -0.465 e. The Balaban J connectivity index is 2.14. The molecule has 0 aliphatic carbocycles. The van der Waals surface area contributed by atoms with Crippen LogP contribution < -0.4 is 4.90 Å². The normalized spacial score (nSPS) is 14.5. The first-order chi connectivity index (χ1) is 9.74. The van der Waals surface area contributed by atoms with Gasteiger partial charge in [-0.05, 0) is 31.0 Å². The zero-order valence-electron chi connectivity index (χ0n) is 11.2. The van der Waals surface area contributed by atoms with Crippen LogP contribution in [-0.4, -0.2) is 26.2 Å². The molecule has 0 saturated carbocycles. The maximum atomic E-state index is 11.6. The van der Waals surface area contributed by atoms with E-state index in [-0.39, 0.29) is 0 Å². The van der Waals surface area contributed by atoms with Crippen molar-refractivity contribution >= 4 is 22.8 Å². The second-order valence-corrected chi connectivity index (χ2v) is 4.79. The number of benzene rings is 1. The first-order valence-electron chi connectivity index (χ1n) is 6.54. The highest BCUT2D eigenvalue weighted by atomic mass is 16.5. The Morgan fingerprint density at radius 1 is 1.40 bits per heavy atom. The summed E-state index contributed by atoms with van der Waals surface area (Å²) in [5.74, 6) is 0.196. The van der Waals surface area contributed by atoms with Crippen molar-refractivity contribution in [3.05, 3.63) is 29.3 Å². The third-order valence-corrected chi connectivity index (χ3v) is 3.60. The van der Waals surface area contributed by atoms with Crippen molar-refractivity contribution in [2.24, 2.45) is 0 Å². The van der Waals surface area contributed by atoms with Crippen LogP contribution in [0.5, 0.6) is 0 Å². The Bertz CT molecular complexity index is 706. The number of nitriles is 1. The van der Waals surface area contributed by atoms with Gasteiger partial charge in [-0.1, -0.05) is 0 Å². The molecule has 3 rings (SSSR count). The molecule has 102 valence electrons. The lowest BCUT2D eigenvalue weighted by atomic mass is 10.1. The highest BCUT2D eigenvalue weighted by Gasteiger charge is 2.23. The average molecular weight is 270 g/mol. The van der Waals surface area contributed by atoms with Crippen LogP contribution in [0.4, 0.5) is 5.88 Å². The second-order valence-electron chi connectivity index (χ2n) is 4.79. The van der Waals surface area contributed by atoms with Crippen LogP contribution in [0.2, 0.25) is 0 Å². The summed E-state index contributed by atoms with van der Waals surface area (Å²) in [7, 11) is 1.34. The standard InChI is InChI=1S/C15H14N2O3/c1-19-15(18)10-4-5-13-11(8-10)12(9-16)14(20-13)17-6-2-3-7-17/h4-5,8H,2-3,6-7H2,1H3. The van der Waals surface area contributed by atoms with E-state index in [1.165, 1.54) is 7.11 Å². The van der Waals surface area contributed by atoms with Crippen molar-refractivity contribution in [1.29, 1.82) is 5.26 Å². The number of fused-ring (bicyclic) bond motifs is 1. The quantitative estimate of drug-likeness (QED) is 0.785. The Morgan fingerprint density at radius 3 is 2.80 bits per heavy atom. The maximum Gasteiger partial charge on any atom is 0.337 e. The molecule has 0 bridgehead atoms. The topological polar surface area (TPSA) is 66.5 Å². The second kappa shape index (κ2) is 4.89. The number of carbonyl (C=O) groups is 1. The molecule has 0 atom stereocenters. The molecule has 5 heteroatoms. The zero-order chi connectivity index (χ0) is 14.1. The van der Waals surface area contributed by atoms with E-state index in [2.05, 4.69) is 11.0 Å². The van der Waals surface area contributed by atoms with Gasteiger partial charge in [0.05, 0.1) is 12.7 Å². The summed E-state index contributed by atoms with van der Waals surface area (Å²) in [5, 5.41) is 10.1. The van der Waals surface area contributed by atoms with Crippen LogP contribution in [-0.2, 0) is 4.74 Å². The van der Waals surface area contributed by atoms with Gasteiger partial charge in [-0.3, -0.25) is 0 Å². The van der Waals surface area contributed by atoms with Gasteiger partial charge in [0.15, 0.2) is 0 Å². The van der Waals surface area contributed by atoms with Gasteiger partial charge in [-0.15, -0.1) is 0 Å². The van der Waals surface area contributed by atoms with E-state index in [0.29, 0.717) is 28.0 Å². The van der Waals surface area contributed by atoms with Gasteiger partial charge in [-0.25, -0.2) is 4.79 Å². The molecule has 0 N–H and O–H groups in total. The van der Waals surface area contributed by atoms with E-state index >= 15 is 0 Å². The van der Waals surface area contributed by atoms with Crippen molar-refractivity contribution in [2.45, 2.75) is 12.8 Å². The number of hydrogen-bond donors (Lipinski definition) is 0. The molecule has 0 unspecified atom stereocenters. The molecule has 2 aromatic rings. The zero-order valence-corrected chi connectivity index (χ0v) is 11.2. The molecule has 1 aliphatic rings. The fourth-order valence-corrected chi connectivity index (χ4v) is 2.58. The monoisotopic (exact) mass is 270 g/mol. The summed E-state index contributed by atoms with van der Waals surface area (Å²) >= 11 is 0. The number of esters is 1. The molecular weight excluding hydrogens is 256 g/mol. The fourth-order valence-electron chi connectivity index (χ4n) is 2.58. The van der Waals surface area contributed by atoms with Gasteiger partial charge in [0, 0.05) is 18.5 Å². The molecule has 0 amide bonds. The number of anilines is 1. The van der Waals surface area contributed by atoms with Crippen molar-refractivity contribution in [1.82, 2.24) is 0 Å². The van der Waals surface area contributed by atoms with Gasteiger partial charge >= 0.3 is 5.97 Å². The number of ether oxygens (including phenoxy) is 1. The summed E-state index contributed by atoms with van der Waals surface area (Å²) in [6.45, 7) is 1.80.